The summed E-state index contributed by atoms with van der Waals surface area (Å²) in [5.74, 6) is -0.260. The predicted molar refractivity (Wildman–Crippen MR) is 168 cm³/mol. The summed E-state index contributed by atoms with van der Waals surface area (Å²) in [6.45, 7) is 0.176. The number of para-hydroxylation sites is 1. The minimum atomic E-state index is -0.477. The summed E-state index contributed by atoms with van der Waals surface area (Å²) in [7, 11) is 6.04. The third-order valence-electron chi connectivity index (χ3n) is 7.18. The monoisotopic (exact) mass is 621 g/mol. The SMILES string of the molecule is CNC(=O)c1nnc(NC(=O)C2CC2)cc1Nc1cccc(-c2ccc(C(=O)N(C)Cc3cc(C#N)ccn3)nc2OC)c1OC. The van der Waals surface area contributed by atoms with Crippen LogP contribution >= 0.6 is 0 Å². The molecule has 3 aromatic heterocycles. The van der Waals surface area contributed by atoms with E-state index in [0.29, 0.717) is 39.5 Å². The van der Waals surface area contributed by atoms with Crippen molar-refractivity contribution in [1.82, 2.24) is 30.4 Å². The Morgan fingerprint density at radius 3 is 2.52 bits per heavy atom. The van der Waals surface area contributed by atoms with E-state index < -0.39 is 5.91 Å². The number of methoxy groups -OCH3 is 2. The topological polar surface area (TPSA) is 184 Å². The van der Waals surface area contributed by atoms with Crippen LogP contribution in [-0.2, 0) is 11.3 Å². The lowest BCUT2D eigenvalue weighted by molar-refractivity contribution is -0.117. The minimum absolute atomic E-state index is 0.0140. The number of nitrogens with zero attached hydrogens (tertiary/aromatic N) is 6. The first kappa shape index (κ1) is 31.3. The van der Waals surface area contributed by atoms with Gasteiger partial charge in [-0.3, -0.25) is 19.4 Å². The summed E-state index contributed by atoms with van der Waals surface area (Å²) in [6.07, 6.45) is 3.17. The van der Waals surface area contributed by atoms with Gasteiger partial charge in [0.05, 0.1) is 49.5 Å². The second kappa shape index (κ2) is 13.7. The Labute approximate surface area is 264 Å². The average molecular weight is 622 g/mol. The van der Waals surface area contributed by atoms with Gasteiger partial charge < -0.3 is 30.3 Å². The molecule has 14 heteroatoms. The Morgan fingerprint density at radius 1 is 1.02 bits per heavy atom. The van der Waals surface area contributed by atoms with Gasteiger partial charge in [0, 0.05) is 43.4 Å². The molecule has 1 aliphatic carbocycles. The van der Waals surface area contributed by atoms with Gasteiger partial charge in [0.15, 0.2) is 11.5 Å². The van der Waals surface area contributed by atoms with Crippen molar-refractivity contribution in [3.63, 3.8) is 0 Å². The number of hydrogen-bond acceptors (Lipinski definition) is 11. The molecule has 0 aliphatic heterocycles. The second-order valence-electron chi connectivity index (χ2n) is 10.4. The summed E-state index contributed by atoms with van der Waals surface area (Å²) in [6, 6.07) is 15.4. The van der Waals surface area contributed by atoms with Crippen molar-refractivity contribution in [2.45, 2.75) is 19.4 Å². The number of amides is 3. The molecule has 0 bridgehead atoms. The molecule has 4 aromatic rings. The maximum absolute atomic E-state index is 13.3. The molecule has 3 heterocycles. The van der Waals surface area contributed by atoms with E-state index in [1.165, 1.54) is 38.4 Å². The van der Waals surface area contributed by atoms with E-state index in [9.17, 15) is 14.4 Å². The standard InChI is InChI=1S/C32H31N9O5/c1-34-30(43)27-25(15-26(39-40-27)38-29(42)19-8-9-19)36-23-7-5-6-21(28(23)45-3)22-10-11-24(37-31(22)46-4)32(44)41(2)17-20-14-18(16-33)12-13-35-20/h5-7,10-15,19H,8-9,17H2,1-4H3,(H,34,43)(H2,36,38,39,42). The summed E-state index contributed by atoms with van der Waals surface area (Å²) in [4.78, 5) is 48.4. The van der Waals surface area contributed by atoms with E-state index in [2.05, 4.69) is 42.2 Å². The number of aromatic nitrogens is 4. The molecule has 3 N–H and O–H groups in total. The highest BCUT2D eigenvalue weighted by Gasteiger charge is 2.30. The summed E-state index contributed by atoms with van der Waals surface area (Å²) >= 11 is 0. The Kier molecular flexibility index (Phi) is 9.32. The van der Waals surface area contributed by atoms with E-state index in [0.717, 1.165) is 12.8 Å². The second-order valence-corrected chi connectivity index (χ2v) is 10.4. The third kappa shape index (κ3) is 6.83. The molecule has 0 radical (unpaired) electrons. The normalized spacial score (nSPS) is 12.0. The van der Waals surface area contributed by atoms with E-state index in [4.69, 9.17) is 14.7 Å². The Balaban J connectivity index is 1.44. The van der Waals surface area contributed by atoms with Crippen molar-refractivity contribution in [2.75, 3.05) is 38.9 Å². The van der Waals surface area contributed by atoms with Gasteiger partial charge in [-0.15, -0.1) is 10.2 Å². The fraction of sp³-hybridized carbons (Fsp3) is 0.250. The fourth-order valence-electron chi connectivity index (χ4n) is 4.69. The van der Waals surface area contributed by atoms with Gasteiger partial charge in [0.25, 0.3) is 11.8 Å². The molecule has 3 amide bonds. The molecule has 0 saturated heterocycles. The first-order valence-electron chi connectivity index (χ1n) is 14.3. The Morgan fingerprint density at radius 2 is 1.83 bits per heavy atom. The Bertz CT molecular complexity index is 1850. The van der Waals surface area contributed by atoms with Gasteiger partial charge in [-0.05, 0) is 43.2 Å². The van der Waals surface area contributed by atoms with Gasteiger partial charge >= 0.3 is 0 Å². The van der Waals surface area contributed by atoms with Crippen LogP contribution < -0.4 is 25.4 Å². The van der Waals surface area contributed by atoms with Crippen LogP contribution in [0, 0.1) is 17.2 Å². The largest absolute Gasteiger partial charge is 0.494 e. The highest BCUT2D eigenvalue weighted by Crippen LogP contribution is 2.41. The molecule has 1 aliphatic rings. The number of rotatable bonds is 11. The molecular formula is C32H31N9O5. The zero-order valence-electron chi connectivity index (χ0n) is 25.6. The summed E-state index contributed by atoms with van der Waals surface area (Å²) in [5.41, 5.74) is 3.08. The van der Waals surface area contributed by atoms with Gasteiger partial charge in [-0.2, -0.15) is 5.26 Å². The van der Waals surface area contributed by atoms with Crippen molar-refractivity contribution >= 4 is 34.9 Å². The maximum Gasteiger partial charge on any atom is 0.273 e. The van der Waals surface area contributed by atoms with Crippen LogP contribution in [0.3, 0.4) is 0 Å². The van der Waals surface area contributed by atoms with Crippen molar-refractivity contribution in [2.24, 2.45) is 5.92 Å². The molecule has 1 saturated carbocycles. The van der Waals surface area contributed by atoms with Gasteiger partial charge in [0.1, 0.15) is 11.4 Å². The van der Waals surface area contributed by atoms with Gasteiger partial charge in [0.2, 0.25) is 11.8 Å². The number of pyridine rings is 2. The highest BCUT2D eigenvalue weighted by molar-refractivity contribution is 6.00. The van der Waals surface area contributed by atoms with Crippen LogP contribution in [0.1, 0.15) is 45.1 Å². The van der Waals surface area contributed by atoms with Crippen molar-refractivity contribution in [3.8, 4) is 28.8 Å². The van der Waals surface area contributed by atoms with E-state index in [1.54, 1.807) is 49.5 Å². The molecule has 0 atom stereocenters. The average Bonchev–Trinajstić information content (AvgIpc) is 3.93. The number of anilines is 3. The lowest BCUT2D eigenvalue weighted by Gasteiger charge is -2.19. The van der Waals surface area contributed by atoms with Crippen molar-refractivity contribution in [3.05, 3.63) is 77.4 Å². The van der Waals surface area contributed by atoms with Crippen molar-refractivity contribution in [1.29, 1.82) is 5.26 Å². The molecule has 5 rings (SSSR count). The molecule has 14 nitrogen and oxygen atoms in total. The minimum Gasteiger partial charge on any atom is -0.494 e. The first-order chi connectivity index (χ1) is 22.3. The van der Waals surface area contributed by atoms with Gasteiger partial charge in [-0.25, -0.2) is 4.98 Å². The number of carbonyl (C=O) groups is 3. The molecule has 0 unspecified atom stereocenters. The maximum atomic E-state index is 13.3. The molecule has 234 valence electrons. The van der Waals surface area contributed by atoms with Crippen LogP contribution in [-0.4, -0.2) is 71.1 Å². The molecule has 1 aromatic carbocycles. The molecule has 0 spiro atoms. The smallest absolute Gasteiger partial charge is 0.273 e. The first-order valence-corrected chi connectivity index (χ1v) is 14.3. The fourth-order valence-corrected chi connectivity index (χ4v) is 4.69. The van der Waals surface area contributed by atoms with E-state index in [1.807, 2.05) is 0 Å². The quantitative estimate of drug-likeness (QED) is 0.222. The molecule has 1 fully saturated rings. The van der Waals surface area contributed by atoms with Crippen LogP contribution in [0.5, 0.6) is 11.6 Å². The van der Waals surface area contributed by atoms with Crippen molar-refractivity contribution < 1.29 is 23.9 Å². The number of carbonyl (C=O) groups excluding carboxylic acids is 3. The number of ether oxygens (including phenoxy) is 2. The molecular weight excluding hydrogens is 590 g/mol. The van der Waals surface area contributed by atoms with Crippen LogP contribution in [0.4, 0.5) is 17.2 Å². The number of benzene rings is 1. The zero-order chi connectivity index (χ0) is 32.8. The van der Waals surface area contributed by atoms with Crippen LogP contribution in [0.15, 0.2) is 54.7 Å². The lowest BCUT2D eigenvalue weighted by atomic mass is 10.0. The summed E-state index contributed by atoms with van der Waals surface area (Å²) in [5, 5.41) is 25.7. The highest BCUT2D eigenvalue weighted by atomic mass is 16.5. The van der Waals surface area contributed by atoms with Crippen LogP contribution in [0.2, 0.25) is 0 Å². The summed E-state index contributed by atoms with van der Waals surface area (Å²) < 4.78 is 11.4. The van der Waals surface area contributed by atoms with Gasteiger partial charge in [-0.1, -0.05) is 12.1 Å². The van der Waals surface area contributed by atoms with E-state index >= 15 is 0 Å². The number of nitrogens with one attached hydrogen (secondary N) is 3. The number of hydrogen-bond donors (Lipinski definition) is 3. The Hall–Kier alpha value is -6.10. The number of nitriles is 1. The third-order valence-corrected chi connectivity index (χ3v) is 7.18. The predicted octanol–water partition coefficient (Wildman–Crippen LogP) is 3.55. The van der Waals surface area contributed by atoms with E-state index in [-0.39, 0.29) is 47.4 Å². The zero-order valence-corrected chi connectivity index (χ0v) is 25.6. The lowest BCUT2D eigenvalue weighted by Crippen LogP contribution is -2.27. The molecule has 46 heavy (non-hydrogen) atoms. The van der Waals surface area contributed by atoms with Crippen LogP contribution in [0.25, 0.3) is 11.1 Å².